The molecule has 27 heavy (non-hydrogen) atoms. The number of sulfonamides is 1. The van der Waals surface area contributed by atoms with Crippen molar-refractivity contribution in [3.63, 3.8) is 0 Å². The molecule has 3 rings (SSSR count). The summed E-state index contributed by atoms with van der Waals surface area (Å²) in [4.78, 5) is 14.2. The van der Waals surface area contributed by atoms with Crippen molar-refractivity contribution in [3.05, 3.63) is 11.9 Å². The number of methoxy groups -OCH3 is 1. The molecule has 2 aliphatic rings. The van der Waals surface area contributed by atoms with Gasteiger partial charge in [-0.1, -0.05) is 0 Å². The van der Waals surface area contributed by atoms with Crippen LogP contribution >= 0.6 is 0 Å². The van der Waals surface area contributed by atoms with Gasteiger partial charge in [-0.15, -0.1) is 0 Å². The number of hydrogen-bond donors (Lipinski definition) is 0. The van der Waals surface area contributed by atoms with E-state index in [1.54, 1.807) is 15.8 Å². The minimum absolute atomic E-state index is 0.0680. The number of fused-ring (bicyclic) bond motifs is 1. The van der Waals surface area contributed by atoms with Gasteiger partial charge in [-0.25, -0.2) is 13.2 Å². The molecular formula is C17H28N4O5S. The van der Waals surface area contributed by atoms with Crippen molar-refractivity contribution < 1.29 is 22.7 Å². The van der Waals surface area contributed by atoms with Gasteiger partial charge in [0, 0.05) is 7.11 Å². The fourth-order valence-electron chi connectivity index (χ4n) is 3.60. The molecule has 2 aliphatic heterocycles. The summed E-state index contributed by atoms with van der Waals surface area (Å²) < 4.78 is 39.4. The number of amides is 1. The first-order valence-electron chi connectivity index (χ1n) is 9.04. The second-order valence-electron chi connectivity index (χ2n) is 8.21. The summed E-state index contributed by atoms with van der Waals surface area (Å²) in [5.41, 5.74) is 0.587. The van der Waals surface area contributed by atoms with Gasteiger partial charge in [0.1, 0.15) is 5.60 Å². The molecule has 1 aromatic rings. The van der Waals surface area contributed by atoms with Crippen LogP contribution in [-0.2, 0) is 32.6 Å². The number of anilines is 1. The van der Waals surface area contributed by atoms with Crippen LogP contribution in [0, 0.1) is 0 Å². The number of hydrogen-bond acceptors (Lipinski definition) is 6. The summed E-state index contributed by atoms with van der Waals surface area (Å²) in [7, 11) is -2.00. The van der Waals surface area contributed by atoms with Crippen LogP contribution in [0.1, 0.15) is 40.3 Å². The maximum atomic E-state index is 12.7. The molecule has 0 spiro atoms. The Morgan fingerprint density at radius 3 is 2.52 bits per heavy atom. The van der Waals surface area contributed by atoms with E-state index in [0.717, 1.165) is 0 Å². The van der Waals surface area contributed by atoms with Crippen LogP contribution in [0.3, 0.4) is 0 Å². The van der Waals surface area contributed by atoms with E-state index in [9.17, 15) is 13.2 Å². The van der Waals surface area contributed by atoms with Gasteiger partial charge in [0.25, 0.3) is 0 Å². The van der Waals surface area contributed by atoms with Gasteiger partial charge < -0.3 is 9.47 Å². The highest BCUT2D eigenvalue weighted by atomic mass is 32.2. The summed E-state index contributed by atoms with van der Waals surface area (Å²) in [6, 6.07) is -0.456. The number of nitrogens with zero attached hydrogens (tertiary/aromatic N) is 4. The first-order valence-corrected chi connectivity index (χ1v) is 10.6. The van der Waals surface area contributed by atoms with E-state index in [1.165, 1.54) is 11.4 Å². The smallest absolute Gasteiger partial charge is 0.410 e. The molecule has 1 amide bonds. The molecule has 3 heterocycles. The van der Waals surface area contributed by atoms with Crippen molar-refractivity contribution in [3.8, 4) is 0 Å². The topological polar surface area (TPSA) is 94.0 Å². The molecule has 0 saturated carbocycles. The Bertz CT molecular complexity index is 829. The van der Waals surface area contributed by atoms with E-state index in [2.05, 4.69) is 5.10 Å². The quantitative estimate of drug-likeness (QED) is 0.748. The van der Waals surface area contributed by atoms with Crippen LogP contribution in [0.15, 0.2) is 6.20 Å². The Balaban J connectivity index is 1.93. The molecule has 2 unspecified atom stereocenters. The zero-order valence-corrected chi connectivity index (χ0v) is 17.5. The third-order valence-electron chi connectivity index (χ3n) is 4.97. The molecule has 1 saturated heterocycles. The van der Waals surface area contributed by atoms with Crippen molar-refractivity contribution in [2.45, 2.75) is 71.5 Å². The Morgan fingerprint density at radius 2 is 1.96 bits per heavy atom. The predicted octanol–water partition coefficient (Wildman–Crippen LogP) is 1.58. The Labute approximate surface area is 160 Å². The van der Waals surface area contributed by atoms with Crippen LogP contribution in [0.5, 0.6) is 0 Å². The van der Waals surface area contributed by atoms with Crippen LogP contribution in [0.2, 0.25) is 0 Å². The molecule has 0 radical (unpaired) electrons. The highest BCUT2D eigenvalue weighted by Crippen LogP contribution is 2.35. The summed E-state index contributed by atoms with van der Waals surface area (Å²) >= 11 is 0. The van der Waals surface area contributed by atoms with E-state index in [4.69, 9.17) is 9.47 Å². The molecule has 0 aliphatic carbocycles. The van der Waals surface area contributed by atoms with Gasteiger partial charge in [-0.3, -0.25) is 13.9 Å². The Hall–Kier alpha value is -1.81. The van der Waals surface area contributed by atoms with Crippen molar-refractivity contribution in [2.75, 3.05) is 17.2 Å². The molecule has 3 atom stereocenters. The summed E-state index contributed by atoms with van der Waals surface area (Å²) in [5.74, 6) is -0.0680. The molecule has 1 aromatic heterocycles. The van der Waals surface area contributed by atoms with Crippen molar-refractivity contribution in [1.82, 2.24) is 14.7 Å². The Kier molecular flexibility index (Phi) is 4.92. The number of aromatic nitrogens is 2. The van der Waals surface area contributed by atoms with E-state index in [-0.39, 0.29) is 24.4 Å². The summed E-state index contributed by atoms with van der Waals surface area (Å²) in [5, 5.41) is 4.36. The number of ether oxygens (including phenoxy) is 2. The van der Waals surface area contributed by atoms with Gasteiger partial charge in [0.05, 0.1) is 54.6 Å². The summed E-state index contributed by atoms with van der Waals surface area (Å²) in [6.07, 6.45) is 0.739. The monoisotopic (exact) mass is 400 g/mol. The van der Waals surface area contributed by atoms with Crippen LogP contribution < -0.4 is 4.31 Å². The molecular weight excluding hydrogens is 372 g/mol. The maximum Gasteiger partial charge on any atom is 0.410 e. The molecule has 0 bridgehead atoms. The Morgan fingerprint density at radius 1 is 1.30 bits per heavy atom. The lowest BCUT2D eigenvalue weighted by Gasteiger charge is -2.36. The van der Waals surface area contributed by atoms with Crippen molar-refractivity contribution in [2.24, 2.45) is 0 Å². The van der Waals surface area contributed by atoms with Crippen molar-refractivity contribution in [1.29, 1.82) is 0 Å². The zero-order valence-electron chi connectivity index (χ0n) is 16.7. The SMILES string of the molecule is COC1CS(=O)(=O)N(c2cnn3c2CN(C(=O)OC(C)(C)C)[C@@H](C)C3)C1C. The first-order chi connectivity index (χ1) is 12.4. The molecule has 152 valence electrons. The zero-order chi connectivity index (χ0) is 20.1. The lowest BCUT2D eigenvalue weighted by atomic mass is 10.1. The van der Waals surface area contributed by atoms with Crippen LogP contribution in [0.25, 0.3) is 0 Å². The third kappa shape index (κ3) is 3.64. The average molecular weight is 401 g/mol. The van der Waals surface area contributed by atoms with Gasteiger partial charge in [0.2, 0.25) is 10.0 Å². The van der Waals surface area contributed by atoms with E-state index < -0.39 is 27.8 Å². The molecule has 10 heteroatoms. The van der Waals surface area contributed by atoms with E-state index in [0.29, 0.717) is 17.9 Å². The number of rotatable bonds is 2. The molecule has 9 nitrogen and oxygen atoms in total. The second-order valence-corrected chi connectivity index (χ2v) is 10.1. The fraction of sp³-hybridized carbons (Fsp3) is 0.765. The first kappa shape index (κ1) is 19.9. The minimum Gasteiger partial charge on any atom is -0.444 e. The van der Waals surface area contributed by atoms with Gasteiger partial charge in [-0.2, -0.15) is 5.10 Å². The highest BCUT2D eigenvalue weighted by molar-refractivity contribution is 7.93. The average Bonchev–Trinajstić information content (AvgIpc) is 3.01. The van der Waals surface area contributed by atoms with E-state index >= 15 is 0 Å². The lowest BCUT2D eigenvalue weighted by Crippen LogP contribution is -2.47. The normalized spacial score (nSPS) is 27.6. The highest BCUT2D eigenvalue weighted by Gasteiger charge is 2.45. The second kappa shape index (κ2) is 6.66. The molecule has 1 fully saturated rings. The molecule has 0 N–H and O–H groups in total. The number of carbonyl (C=O) groups is 1. The minimum atomic E-state index is -3.51. The third-order valence-corrected chi connectivity index (χ3v) is 6.85. The fourth-order valence-corrected chi connectivity index (χ4v) is 5.69. The molecule has 0 aromatic carbocycles. The van der Waals surface area contributed by atoms with Gasteiger partial charge in [-0.05, 0) is 34.6 Å². The predicted molar refractivity (Wildman–Crippen MR) is 100.0 cm³/mol. The summed E-state index contributed by atoms with van der Waals surface area (Å²) in [6.45, 7) is 9.91. The van der Waals surface area contributed by atoms with Crippen LogP contribution in [0.4, 0.5) is 10.5 Å². The standard InChI is InChI=1S/C17H28N4O5S/c1-11-8-20-14(9-19(11)16(22)26-17(3,4)5)13(7-18-20)21-12(2)15(25-6)10-27(21,23)24/h7,11-12,15H,8-10H2,1-6H3/t11-,12?,15?/m0/s1. The largest absolute Gasteiger partial charge is 0.444 e. The van der Waals surface area contributed by atoms with Gasteiger partial charge >= 0.3 is 6.09 Å². The maximum absolute atomic E-state index is 12.7. The lowest BCUT2D eigenvalue weighted by molar-refractivity contribution is 0.00912. The van der Waals surface area contributed by atoms with Crippen molar-refractivity contribution >= 4 is 21.8 Å². The van der Waals surface area contributed by atoms with Crippen LogP contribution in [-0.4, -0.2) is 65.8 Å². The van der Waals surface area contributed by atoms with E-state index in [1.807, 2.05) is 34.6 Å². The van der Waals surface area contributed by atoms with Gasteiger partial charge in [0.15, 0.2) is 0 Å². The number of carbonyl (C=O) groups excluding carboxylic acids is 1.